The van der Waals surface area contributed by atoms with Crippen LogP contribution in [0.3, 0.4) is 0 Å². The van der Waals surface area contributed by atoms with Crippen molar-refractivity contribution in [2.24, 2.45) is 5.73 Å². The van der Waals surface area contributed by atoms with Crippen LogP contribution < -0.4 is 10.5 Å². The molecule has 1 aromatic carbocycles. The molecule has 6 heteroatoms. The van der Waals surface area contributed by atoms with Gasteiger partial charge < -0.3 is 14.9 Å². The Labute approximate surface area is 97.4 Å². The van der Waals surface area contributed by atoms with Crippen LogP contribution in [0.1, 0.15) is 6.92 Å². The van der Waals surface area contributed by atoms with E-state index in [0.717, 1.165) is 5.56 Å². The van der Waals surface area contributed by atoms with Gasteiger partial charge in [-0.05, 0) is 31.2 Å². The second-order valence-corrected chi connectivity index (χ2v) is 3.43. The first kappa shape index (κ1) is 11.1. The Hall–Kier alpha value is -2.37. The Morgan fingerprint density at radius 2 is 2.12 bits per heavy atom. The van der Waals surface area contributed by atoms with Crippen LogP contribution in [0.4, 0.5) is 0 Å². The number of hydrogen-bond donors (Lipinski definition) is 1. The van der Waals surface area contributed by atoms with Gasteiger partial charge in [-0.2, -0.15) is 0 Å². The van der Waals surface area contributed by atoms with E-state index in [9.17, 15) is 4.79 Å². The van der Waals surface area contributed by atoms with E-state index >= 15 is 0 Å². The molecule has 0 aliphatic heterocycles. The van der Waals surface area contributed by atoms with E-state index in [1.807, 2.05) is 0 Å². The number of nitrogens with zero attached hydrogens (tertiary/aromatic N) is 2. The minimum atomic E-state index is -0.663. The summed E-state index contributed by atoms with van der Waals surface area (Å²) in [4.78, 5) is 10.8. The highest BCUT2D eigenvalue weighted by atomic mass is 16.5. The molecular formula is C11H11N3O3. The monoisotopic (exact) mass is 233 g/mol. The standard InChI is InChI=1S/C11H11N3O3/c1-7(10(12)15)17-9-4-2-8(3-5-9)11-14-13-6-16-11/h2-7H,1H3,(H2,12,15)/t7-/m1/s1. The molecule has 0 spiro atoms. The van der Waals surface area contributed by atoms with Crippen molar-refractivity contribution in [3.05, 3.63) is 30.7 Å². The van der Waals surface area contributed by atoms with Crippen molar-refractivity contribution in [1.82, 2.24) is 10.2 Å². The highest BCUT2D eigenvalue weighted by molar-refractivity contribution is 5.78. The minimum absolute atomic E-state index is 0.430. The second kappa shape index (κ2) is 4.65. The third-order valence-corrected chi connectivity index (χ3v) is 2.17. The molecule has 88 valence electrons. The zero-order valence-electron chi connectivity index (χ0n) is 9.16. The molecule has 0 saturated carbocycles. The molecule has 1 heterocycles. The fourth-order valence-electron chi connectivity index (χ4n) is 1.24. The maximum atomic E-state index is 10.8. The van der Waals surface area contributed by atoms with Crippen LogP contribution in [-0.2, 0) is 4.79 Å². The Bertz CT molecular complexity index is 493. The van der Waals surface area contributed by atoms with E-state index in [1.165, 1.54) is 6.39 Å². The van der Waals surface area contributed by atoms with Crippen molar-refractivity contribution in [2.45, 2.75) is 13.0 Å². The van der Waals surface area contributed by atoms with E-state index < -0.39 is 12.0 Å². The summed E-state index contributed by atoms with van der Waals surface area (Å²) in [5.74, 6) is 0.477. The normalized spacial score (nSPS) is 12.1. The second-order valence-electron chi connectivity index (χ2n) is 3.43. The summed E-state index contributed by atoms with van der Waals surface area (Å²) >= 11 is 0. The molecule has 0 bridgehead atoms. The lowest BCUT2D eigenvalue weighted by atomic mass is 10.2. The van der Waals surface area contributed by atoms with Crippen LogP contribution in [-0.4, -0.2) is 22.2 Å². The lowest BCUT2D eigenvalue weighted by Crippen LogP contribution is -2.30. The molecule has 2 rings (SSSR count). The number of benzene rings is 1. The number of ether oxygens (including phenoxy) is 1. The summed E-state index contributed by atoms with van der Waals surface area (Å²) in [5, 5.41) is 7.36. The van der Waals surface area contributed by atoms with Gasteiger partial charge in [-0.1, -0.05) is 0 Å². The van der Waals surface area contributed by atoms with Gasteiger partial charge in [-0.15, -0.1) is 10.2 Å². The number of carbonyl (C=O) groups is 1. The Morgan fingerprint density at radius 1 is 1.41 bits per heavy atom. The summed E-state index contributed by atoms with van der Waals surface area (Å²) in [7, 11) is 0. The van der Waals surface area contributed by atoms with E-state index in [2.05, 4.69) is 10.2 Å². The quantitative estimate of drug-likeness (QED) is 0.850. The summed E-state index contributed by atoms with van der Waals surface area (Å²) in [5.41, 5.74) is 5.87. The molecule has 1 atom stereocenters. The third-order valence-electron chi connectivity index (χ3n) is 2.17. The maximum Gasteiger partial charge on any atom is 0.258 e. The number of carbonyl (C=O) groups excluding carboxylic acids is 1. The van der Waals surface area contributed by atoms with E-state index in [4.69, 9.17) is 14.9 Å². The third kappa shape index (κ3) is 2.60. The molecule has 17 heavy (non-hydrogen) atoms. The van der Waals surface area contributed by atoms with Gasteiger partial charge in [0, 0.05) is 5.56 Å². The van der Waals surface area contributed by atoms with Crippen LogP contribution in [0.5, 0.6) is 5.75 Å². The lowest BCUT2D eigenvalue weighted by Gasteiger charge is -2.10. The molecule has 1 amide bonds. The van der Waals surface area contributed by atoms with Gasteiger partial charge in [0.05, 0.1) is 0 Å². The molecule has 2 aromatic rings. The number of hydrogen-bond acceptors (Lipinski definition) is 5. The topological polar surface area (TPSA) is 91.2 Å². The van der Waals surface area contributed by atoms with Crippen LogP contribution >= 0.6 is 0 Å². The van der Waals surface area contributed by atoms with Crippen LogP contribution in [0.15, 0.2) is 35.1 Å². The van der Waals surface area contributed by atoms with Crippen LogP contribution in [0, 0.1) is 0 Å². The van der Waals surface area contributed by atoms with Crippen molar-refractivity contribution in [3.63, 3.8) is 0 Å². The number of primary amides is 1. The SMILES string of the molecule is C[C@@H](Oc1ccc(-c2nnco2)cc1)C(N)=O. The number of nitrogens with two attached hydrogens (primary N) is 1. The Kier molecular flexibility index (Phi) is 3.04. The van der Waals surface area contributed by atoms with Gasteiger partial charge in [-0.25, -0.2) is 0 Å². The van der Waals surface area contributed by atoms with Gasteiger partial charge in [0.15, 0.2) is 6.10 Å². The molecule has 0 fully saturated rings. The molecule has 0 radical (unpaired) electrons. The average Bonchev–Trinajstić information content (AvgIpc) is 2.83. The summed E-state index contributed by atoms with van der Waals surface area (Å²) in [6.07, 6.45) is 0.596. The number of amides is 1. The molecule has 2 N–H and O–H groups in total. The fraction of sp³-hybridized carbons (Fsp3) is 0.182. The highest BCUT2D eigenvalue weighted by Crippen LogP contribution is 2.20. The van der Waals surface area contributed by atoms with Crippen molar-refractivity contribution in [1.29, 1.82) is 0 Å². The molecule has 6 nitrogen and oxygen atoms in total. The molecule has 0 aliphatic carbocycles. The average molecular weight is 233 g/mol. The first-order valence-corrected chi connectivity index (χ1v) is 4.99. The van der Waals surface area contributed by atoms with E-state index in [-0.39, 0.29) is 0 Å². The number of aromatic nitrogens is 2. The predicted octanol–water partition coefficient (Wildman–Crippen LogP) is 0.989. The lowest BCUT2D eigenvalue weighted by molar-refractivity contribution is -0.123. The summed E-state index contributed by atoms with van der Waals surface area (Å²) in [6, 6.07) is 6.94. The largest absolute Gasteiger partial charge is 0.481 e. The van der Waals surface area contributed by atoms with Gasteiger partial charge in [-0.3, -0.25) is 4.79 Å². The van der Waals surface area contributed by atoms with Gasteiger partial charge in [0.25, 0.3) is 5.91 Å². The smallest absolute Gasteiger partial charge is 0.258 e. The zero-order chi connectivity index (χ0) is 12.3. The molecule has 0 aliphatic rings. The first-order valence-electron chi connectivity index (χ1n) is 4.99. The first-order chi connectivity index (χ1) is 8.16. The van der Waals surface area contributed by atoms with Gasteiger partial charge >= 0.3 is 0 Å². The van der Waals surface area contributed by atoms with Crippen molar-refractivity contribution < 1.29 is 13.9 Å². The number of rotatable bonds is 4. The highest BCUT2D eigenvalue weighted by Gasteiger charge is 2.10. The van der Waals surface area contributed by atoms with Crippen LogP contribution in [0.25, 0.3) is 11.5 Å². The Morgan fingerprint density at radius 3 is 2.65 bits per heavy atom. The van der Waals surface area contributed by atoms with Crippen molar-refractivity contribution in [2.75, 3.05) is 0 Å². The maximum absolute atomic E-state index is 10.8. The summed E-state index contributed by atoms with van der Waals surface area (Å²) < 4.78 is 10.3. The minimum Gasteiger partial charge on any atom is -0.481 e. The van der Waals surface area contributed by atoms with Crippen molar-refractivity contribution >= 4 is 5.91 Å². The molecular weight excluding hydrogens is 222 g/mol. The zero-order valence-corrected chi connectivity index (χ0v) is 9.16. The fourth-order valence-corrected chi connectivity index (χ4v) is 1.24. The van der Waals surface area contributed by atoms with E-state index in [1.54, 1.807) is 31.2 Å². The molecule has 1 aromatic heterocycles. The van der Waals surface area contributed by atoms with Gasteiger partial charge in [0.1, 0.15) is 5.75 Å². The van der Waals surface area contributed by atoms with Crippen LogP contribution in [0.2, 0.25) is 0 Å². The Balaban J connectivity index is 2.11. The predicted molar refractivity (Wildman–Crippen MR) is 59.0 cm³/mol. The molecule has 0 unspecified atom stereocenters. The molecule has 0 saturated heterocycles. The van der Waals surface area contributed by atoms with Crippen molar-refractivity contribution in [3.8, 4) is 17.2 Å². The van der Waals surface area contributed by atoms with Gasteiger partial charge in [0.2, 0.25) is 12.3 Å². The van der Waals surface area contributed by atoms with E-state index in [0.29, 0.717) is 11.6 Å². The summed E-state index contributed by atoms with van der Waals surface area (Å²) in [6.45, 7) is 1.59.